The Balaban J connectivity index is 1.81. The standard InChI is InChI=1S/C18H12F7NO4S/c19-9-5-6-15(13(7-9)17(20,21)22)31(28,29)26-16(27)12-8-11(12)10-3-1-2-4-14(10)30-18(23,24)25/h1-7,11-12H,8H2,(H,26,27). The summed E-state index contributed by atoms with van der Waals surface area (Å²) in [5, 5.41) is 0. The quantitative estimate of drug-likeness (QED) is 0.659. The number of sulfonamides is 1. The van der Waals surface area contributed by atoms with E-state index in [9.17, 15) is 43.9 Å². The molecule has 1 saturated carbocycles. The Morgan fingerprint density at radius 3 is 2.29 bits per heavy atom. The van der Waals surface area contributed by atoms with Gasteiger partial charge < -0.3 is 4.74 Å². The number of amides is 1. The molecule has 1 fully saturated rings. The number of rotatable bonds is 5. The van der Waals surface area contributed by atoms with E-state index in [4.69, 9.17) is 0 Å². The van der Waals surface area contributed by atoms with Gasteiger partial charge in [0, 0.05) is 5.92 Å². The predicted octanol–water partition coefficient (Wildman–Crippen LogP) is 4.35. The van der Waals surface area contributed by atoms with E-state index in [1.807, 2.05) is 0 Å². The van der Waals surface area contributed by atoms with E-state index in [0.717, 1.165) is 6.07 Å². The maximum Gasteiger partial charge on any atom is 0.573 e. The Labute approximate surface area is 170 Å². The molecular formula is C18H12F7NO4S. The van der Waals surface area contributed by atoms with Crippen LogP contribution in [0.2, 0.25) is 0 Å². The highest BCUT2D eigenvalue weighted by molar-refractivity contribution is 7.90. The van der Waals surface area contributed by atoms with E-state index < -0.39 is 62.3 Å². The second kappa shape index (κ2) is 7.70. The van der Waals surface area contributed by atoms with Crippen molar-refractivity contribution in [3.8, 4) is 5.75 Å². The highest BCUT2D eigenvalue weighted by Crippen LogP contribution is 2.51. The average molecular weight is 471 g/mol. The van der Waals surface area contributed by atoms with E-state index in [0.29, 0.717) is 12.1 Å². The lowest BCUT2D eigenvalue weighted by Crippen LogP contribution is -2.33. The maximum atomic E-state index is 13.2. The number of alkyl halides is 6. The molecule has 0 aromatic heterocycles. The van der Waals surface area contributed by atoms with Gasteiger partial charge in [-0.3, -0.25) is 4.79 Å². The first-order chi connectivity index (χ1) is 14.2. The number of carbonyl (C=O) groups is 1. The number of carbonyl (C=O) groups excluding carboxylic acids is 1. The molecule has 0 aliphatic heterocycles. The summed E-state index contributed by atoms with van der Waals surface area (Å²) in [4.78, 5) is 10.9. The van der Waals surface area contributed by atoms with Gasteiger partial charge in [-0.1, -0.05) is 18.2 Å². The third kappa shape index (κ3) is 5.27. The van der Waals surface area contributed by atoms with Gasteiger partial charge in [-0.15, -0.1) is 13.2 Å². The highest BCUT2D eigenvalue weighted by atomic mass is 32.2. The molecule has 1 N–H and O–H groups in total. The Morgan fingerprint density at radius 1 is 1.03 bits per heavy atom. The monoisotopic (exact) mass is 471 g/mol. The number of para-hydroxylation sites is 1. The van der Waals surface area contributed by atoms with Crippen LogP contribution in [-0.2, 0) is 21.0 Å². The topological polar surface area (TPSA) is 72.5 Å². The van der Waals surface area contributed by atoms with Gasteiger partial charge in [0.05, 0.1) is 10.5 Å². The fourth-order valence-electron chi connectivity index (χ4n) is 3.05. The fourth-order valence-corrected chi connectivity index (χ4v) is 4.29. The zero-order valence-electron chi connectivity index (χ0n) is 15.1. The Morgan fingerprint density at radius 2 is 1.68 bits per heavy atom. The van der Waals surface area contributed by atoms with Crippen LogP contribution >= 0.6 is 0 Å². The van der Waals surface area contributed by atoms with Gasteiger partial charge in [-0.2, -0.15) is 13.2 Å². The Kier molecular flexibility index (Phi) is 5.67. The number of hydrogen-bond acceptors (Lipinski definition) is 4. The summed E-state index contributed by atoms with van der Waals surface area (Å²) in [6.45, 7) is 0. The van der Waals surface area contributed by atoms with Crippen LogP contribution in [0.25, 0.3) is 0 Å². The van der Waals surface area contributed by atoms with Crippen LogP contribution in [0.1, 0.15) is 23.5 Å². The SMILES string of the molecule is O=C(NS(=O)(=O)c1ccc(F)cc1C(F)(F)F)C1CC1c1ccccc1OC(F)(F)F. The minimum atomic E-state index is -5.22. The summed E-state index contributed by atoms with van der Waals surface area (Å²) in [5.74, 6) is -5.05. The molecule has 0 bridgehead atoms. The normalized spacial score (nSPS) is 19.1. The number of ether oxygens (including phenoxy) is 1. The van der Waals surface area contributed by atoms with E-state index in [-0.39, 0.29) is 18.1 Å². The van der Waals surface area contributed by atoms with E-state index in [2.05, 4.69) is 4.74 Å². The molecule has 2 atom stereocenters. The van der Waals surface area contributed by atoms with E-state index in [1.54, 1.807) is 0 Å². The minimum absolute atomic E-state index is 0.00450. The molecule has 1 amide bonds. The summed E-state index contributed by atoms with van der Waals surface area (Å²) >= 11 is 0. The summed E-state index contributed by atoms with van der Waals surface area (Å²) in [7, 11) is -5.04. The molecule has 0 saturated heterocycles. The molecule has 2 aromatic rings. The zero-order valence-corrected chi connectivity index (χ0v) is 15.9. The van der Waals surface area contributed by atoms with Gasteiger partial charge in [-0.05, 0) is 42.2 Å². The number of hydrogen-bond donors (Lipinski definition) is 1. The van der Waals surface area contributed by atoms with Gasteiger partial charge in [0.1, 0.15) is 11.6 Å². The molecule has 0 heterocycles. The van der Waals surface area contributed by atoms with Crippen LogP contribution in [0, 0.1) is 11.7 Å². The zero-order chi connectivity index (χ0) is 23.2. The molecular weight excluding hydrogens is 459 g/mol. The van der Waals surface area contributed by atoms with Crippen LogP contribution < -0.4 is 9.46 Å². The second-order valence-corrected chi connectivity index (χ2v) is 8.29. The molecule has 168 valence electrons. The van der Waals surface area contributed by atoms with Crippen molar-refractivity contribution in [2.75, 3.05) is 0 Å². The lowest BCUT2D eigenvalue weighted by Gasteiger charge is -2.14. The molecule has 2 unspecified atom stereocenters. The molecule has 0 radical (unpaired) electrons. The summed E-state index contributed by atoms with van der Waals surface area (Å²) in [5.41, 5.74) is -1.81. The van der Waals surface area contributed by atoms with E-state index in [1.165, 1.54) is 22.9 Å². The predicted molar refractivity (Wildman–Crippen MR) is 90.7 cm³/mol. The summed E-state index contributed by atoms with van der Waals surface area (Å²) < 4.78 is 120. The van der Waals surface area contributed by atoms with Crippen LogP contribution in [0.15, 0.2) is 47.4 Å². The van der Waals surface area contributed by atoms with Crippen molar-refractivity contribution < 1.29 is 48.7 Å². The number of nitrogens with one attached hydrogen (secondary N) is 1. The molecule has 31 heavy (non-hydrogen) atoms. The van der Waals surface area contributed by atoms with Gasteiger partial charge in [0.2, 0.25) is 5.91 Å². The Hall–Kier alpha value is -2.83. The lowest BCUT2D eigenvalue weighted by molar-refractivity contribution is -0.274. The van der Waals surface area contributed by atoms with Crippen molar-refractivity contribution in [1.82, 2.24) is 4.72 Å². The summed E-state index contributed by atoms with van der Waals surface area (Å²) in [6, 6.07) is 5.75. The van der Waals surface area contributed by atoms with Crippen molar-refractivity contribution in [1.29, 1.82) is 0 Å². The molecule has 0 spiro atoms. The van der Waals surface area contributed by atoms with Crippen molar-refractivity contribution in [3.05, 3.63) is 59.4 Å². The van der Waals surface area contributed by atoms with Crippen molar-refractivity contribution >= 4 is 15.9 Å². The van der Waals surface area contributed by atoms with Crippen molar-refractivity contribution in [2.24, 2.45) is 5.92 Å². The molecule has 1 aliphatic carbocycles. The average Bonchev–Trinajstić information content (AvgIpc) is 3.40. The molecule has 1 aliphatic rings. The second-order valence-electron chi connectivity index (χ2n) is 6.64. The van der Waals surface area contributed by atoms with Gasteiger partial charge in [0.25, 0.3) is 10.0 Å². The maximum absolute atomic E-state index is 13.2. The first kappa shape index (κ1) is 22.8. The first-order valence-corrected chi connectivity index (χ1v) is 9.95. The summed E-state index contributed by atoms with van der Waals surface area (Å²) in [6.07, 6.45) is -10.3. The fraction of sp³-hybridized carbons (Fsp3) is 0.278. The van der Waals surface area contributed by atoms with Crippen LogP contribution in [0.4, 0.5) is 30.7 Å². The van der Waals surface area contributed by atoms with Crippen molar-refractivity contribution in [2.45, 2.75) is 29.8 Å². The molecule has 5 nitrogen and oxygen atoms in total. The van der Waals surface area contributed by atoms with Crippen molar-refractivity contribution in [3.63, 3.8) is 0 Å². The minimum Gasteiger partial charge on any atom is -0.405 e. The van der Waals surface area contributed by atoms with Gasteiger partial charge in [0.15, 0.2) is 0 Å². The molecule has 13 heteroatoms. The van der Waals surface area contributed by atoms with Crippen LogP contribution in [-0.4, -0.2) is 20.7 Å². The van der Waals surface area contributed by atoms with Crippen LogP contribution in [0.3, 0.4) is 0 Å². The molecule has 2 aromatic carbocycles. The van der Waals surface area contributed by atoms with E-state index >= 15 is 0 Å². The first-order valence-electron chi connectivity index (χ1n) is 8.47. The third-order valence-electron chi connectivity index (χ3n) is 4.44. The molecule has 3 rings (SSSR count). The smallest absolute Gasteiger partial charge is 0.405 e. The Bertz CT molecular complexity index is 1110. The lowest BCUT2D eigenvalue weighted by atomic mass is 10.1. The van der Waals surface area contributed by atoms with Gasteiger partial charge >= 0.3 is 12.5 Å². The highest BCUT2D eigenvalue weighted by Gasteiger charge is 2.48. The van der Waals surface area contributed by atoms with Crippen LogP contribution in [0.5, 0.6) is 5.75 Å². The number of halogens is 7. The number of benzene rings is 2. The largest absolute Gasteiger partial charge is 0.573 e. The third-order valence-corrected chi connectivity index (χ3v) is 5.85. The van der Waals surface area contributed by atoms with Gasteiger partial charge in [-0.25, -0.2) is 17.5 Å².